The summed E-state index contributed by atoms with van der Waals surface area (Å²) in [6, 6.07) is 0.338. The molecule has 0 radical (unpaired) electrons. The number of carbonyl (C=O) groups excluding carboxylic acids is 1. The van der Waals surface area contributed by atoms with Crippen LogP contribution in [0.4, 0.5) is 5.82 Å². The highest BCUT2D eigenvalue weighted by molar-refractivity contribution is 9.10. The Morgan fingerprint density at radius 3 is 2.73 bits per heavy atom. The van der Waals surface area contributed by atoms with Crippen LogP contribution in [0.5, 0.6) is 0 Å². The lowest BCUT2D eigenvalue weighted by atomic mass is 9.83. The molecule has 1 amide bonds. The maximum absolute atomic E-state index is 12.2. The van der Waals surface area contributed by atoms with Gasteiger partial charge in [-0.25, -0.2) is 4.98 Å². The van der Waals surface area contributed by atoms with E-state index < -0.39 is 0 Å². The summed E-state index contributed by atoms with van der Waals surface area (Å²) in [7, 11) is 0. The number of carbonyl (C=O) groups is 1. The first-order valence-electron chi connectivity index (χ1n) is 11.3. The number of rotatable bonds is 5. The van der Waals surface area contributed by atoms with Gasteiger partial charge < -0.3 is 15.7 Å². The number of aliphatic hydroxyl groups is 1. The summed E-state index contributed by atoms with van der Waals surface area (Å²) in [5.74, 6) is 1.24. The van der Waals surface area contributed by atoms with Gasteiger partial charge in [0.15, 0.2) is 5.65 Å². The molecule has 0 aliphatic heterocycles. The van der Waals surface area contributed by atoms with E-state index in [1.807, 2.05) is 10.7 Å². The summed E-state index contributed by atoms with van der Waals surface area (Å²) in [6.45, 7) is 0.334. The van der Waals surface area contributed by atoms with Crippen LogP contribution in [0, 0.1) is 5.92 Å². The number of aromatic nitrogens is 3. The van der Waals surface area contributed by atoms with Gasteiger partial charge in [0.2, 0.25) is 5.91 Å². The normalized spacial score (nSPS) is 25.0. The topological polar surface area (TPSA) is 91.5 Å². The number of hydrogen-bond acceptors (Lipinski definition) is 5. The van der Waals surface area contributed by atoms with E-state index in [-0.39, 0.29) is 23.8 Å². The fourth-order valence-electron chi connectivity index (χ4n) is 5.86. The van der Waals surface area contributed by atoms with Gasteiger partial charge in [-0.1, -0.05) is 12.8 Å². The van der Waals surface area contributed by atoms with E-state index in [1.165, 1.54) is 43.4 Å². The third-order valence-corrected chi connectivity index (χ3v) is 8.03. The molecule has 0 aromatic carbocycles. The molecule has 0 atom stereocenters. The van der Waals surface area contributed by atoms with Crippen molar-refractivity contribution >= 4 is 33.3 Å². The van der Waals surface area contributed by atoms with Crippen LogP contribution in [-0.4, -0.2) is 44.8 Å². The number of halogens is 1. The van der Waals surface area contributed by atoms with Crippen LogP contribution < -0.4 is 10.6 Å². The maximum atomic E-state index is 12.2. The minimum atomic E-state index is -0.00723. The van der Waals surface area contributed by atoms with Crippen molar-refractivity contribution < 1.29 is 9.90 Å². The molecular weight excluding hydrogens is 446 g/mol. The van der Waals surface area contributed by atoms with Gasteiger partial charge in [0, 0.05) is 29.5 Å². The van der Waals surface area contributed by atoms with Crippen LogP contribution >= 0.6 is 15.9 Å². The highest BCUT2D eigenvalue weighted by atomic mass is 79.9. The number of anilines is 1. The molecule has 162 valence electrons. The van der Waals surface area contributed by atoms with Crippen molar-refractivity contribution in [1.29, 1.82) is 0 Å². The average Bonchev–Trinajstić information content (AvgIpc) is 3.48. The van der Waals surface area contributed by atoms with Gasteiger partial charge in [-0.15, -0.1) is 0 Å². The molecule has 30 heavy (non-hydrogen) atoms. The van der Waals surface area contributed by atoms with Gasteiger partial charge in [-0.3, -0.25) is 4.79 Å². The lowest BCUT2D eigenvalue weighted by Gasteiger charge is -2.30. The Bertz CT molecular complexity index is 945. The quantitative estimate of drug-likeness (QED) is 0.616. The Balaban J connectivity index is 1.39. The molecule has 2 aromatic rings. The van der Waals surface area contributed by atoms with E-state index in [4.69, 9.17) is 10.1 Å². The van der Waals surface area contributed by atoms with Gasteiger partial charge in [-0.05, 0) is 67.3 Å². The zero-order chi connectivity index (χ0) is 20.7. The molecule has 2 fully saturated rings. The monoisotopic (exact) mass is 475 g/mol. The summed E-state index contributed by atoms with van der Waals surface area (Å²) in [5, 5.41) is 20.2. The van der Waals surface area contributed by atoms with Crippen molar-refractivity contribution in [3.05, 3.63) is 21.9 Å². The van der Waals surface area contributed by atoms with Gasteiger partial charge in [0.25, 0.3) is 0 Å². The first-order chi connectivity index (χ1) is 14.6. The average molecular weight is 476 g/mol. The van der Waals surface area contributed by atoms with Crippen molar-refractivity contribution in [3.8, 4) is 0 Å². The van der Waals surface area contributed by atoms with E-state index in [0.717, 1.165) is 48.0 Å². The van der Waals surface area contributed by atoms with Crippen molar-refractivity contribution in [2.24, 2.45) is 5.92 Å². The highest BCUT2D eigenvalue weighted by Crippen LogP contribution is 2.51. The molecule has 1 spiro atoms. The fraction of sp³-hybridized carbons (Fsp3) is 0.682. The minimum Gasteiger partial charge on any atom is -0.395 e. The van der Waals surface area contributed by atoms with E-state index >= 15 is 0 Å². The maximum Gasteiger partial charge on any atom is 0.223 e. The standard InChI is InChI=1S/C22H30BrN5O2/c23-17-13-25-28-19(26-15-5-3-14(4-6-15)21(30)24-11-12-29)16-7-10-22(8-1-2-9-22)18(16)27-20(17)28/h13-15,26,29H,1-12H2,(H,24,30). The summed E-state index contributed by atoms with van der Waals surface area (Å²) in [4.78, 5) is 17.3. The predicted octanol–water partition coefficient (Wildman–Crippen LogP) is 3.33. The van der Waals surface area contributed by atoms with Crippen LogP contribution in [0.3, 0.4) is 0 Å². The van der Waals surface area contributed by atoms with Gasteiger partial charge in [0.05, 0.1) is 23.0 Å². The van der Waals surface area contributed by atoms with Crippen LogP contribution in [0.15, 0.2) is 10.7 Å². The molecule has 8 heteroatoms. The molecule has 2 heterocycles. The molecular formula is C22H30BrN5O2. The fourth-order valence-corrected chi connectivity index (χ4v) is 6.21. The molecule has 3 aliphatic rings. The largest absolute Gasteiger partial charge is 0.395 e. The van der Waals surface area contributed by atoms with E-state index in [9.17, 15) is 4.79 Å². The lowest BCUT2D eigenvalue weighted by molar-refractivity contribution is -0.126. The zero-order valence-corrected chi connectivity index (χ0v) is 18.9. The Morgan fingerprint density at radius 1 is 1.23 bits per heavy atom. The molecule has 0 saturated heterocycles. The summed E-state index contributed by atoms with van der Waals surface area (Å²) in [6.07, 6.45) is 12.9. The van der Waals surface area contributed by atoms with Crippen LogP contribution in [-0.2, 0) is 16.6 Å². The number of nitrogens with one attached hydrogen (secondary N) is 2. The van der Waals surface area contributed by atoms with E-state index in [0.29, 0.717) is 12.6 Å². The molecule has 2 saturated carbocycles. The highest BCUT2D eigenvalue weighted by Gasteiger charge is 2.44. The first kappa shape index (κ1) is 20.2. The van der Waals surface area contributed by atoms with Gasteiger partial charge in [-0.2, -0.15) is 9.61 Å². The van der Waals surface area contributed by atoms with Crippen molar-refractivity contribution in [2.45, 2.75) is 75.7 Å². The number of fused-ring (bicyclic) bond motifs is 3. The van der Waals surface area contributed by atoms with Gasteiger partial charge >= 0.3 is 0 Å². The molecule has 2 aromatic heterocycles. The van der Waals surface area contributed by atoms with Crippen molar-refractivity contribution in [2.75, 3.05) is 18.5 Å². The zero-order valence-electron chi connectivity index (χ0n) is 17.3. The molecule has 7 nitrogen and oxygen atoms in total. The number of aliphatic hydroxyl groups excluding tert-OH is 1. The summed E-state index contributed by atoms with van der Waals surface area (Å²) in [5.41, 5.74) is 3.82. The molecule has 0 bridgehead atoms. The van der Waals surface area contributed by atoms with Gasteiger partial charge in [0.1, 0.15) is 5.82 Å². The second kappa shape index (κ2) is 8.11. The Morgan fingerprint density at radius 2 is 2.00 bits per heavy atom. The third-order valence-electron chi connectivity index (χ3n) is 7.47. The Hall–Kier alpha value is -1.67. The smallest absolute Gasteiger partial charge is 0.223 e. The van der Waals surface area contributed by atoms with Crippen LogP contribution in [0.1, 0.15) is 69.0 Å². The second-order valence-electron chi connectivity index (χ2n) is 9.21. The Labute approximate surface area is 185 Å². The van der Waals surface area contributed by atoms with Crippen molar-refractivity contribution in [3.63, 3.8) is 0 Å². The number of hydrogen-bond donors (Lipinski definition) is 3. The molecule has 3 aliphatic carbocycles. The predicted molar refractivity (Wildman–Crippen MR) is 119 cm³/mol. The Kier molecular flexibility index (Phi) is 5.47. The van der Waals surface area contributed by atoms with Crippen molar-refractivity contribution in [1.82, 2.24) is 19.9 Å². The second-order valence-corrected chi connectivity index (χ2v) is 10.1. The van der Waals surface area contributed by atoms with E-state index in [1.54, 1.807) is 0 Å². The third kappa shape index (κ3) is 3.42. The SMILES string of the molecule is O=C(NCCO)C1CCC(Nc2c3c(nc4c(Br)cnn24)C2(CCCC2)CC3)CC1. The first-order valence-corrected chi connectivity index (χ1v) is 12.1. The van der Waals surface area contributed by atoms with Crippen LogP contribution in [0.25, 0.3) is 5.65 Å². The lowest BCUT2D eigenvalue weighted by Crippen LogP contribution is -2.37. The van der Waals surface area contributed by atoms with E-state index in [2.05, 4.69) is 31.7 Å². The molecule has 0 unspecified atom stereocenters. The summed E-state index contributed by atoms with van der Waals surface area (Å²) >= 11 is 3.64. The van der Waals surface area contributed by atoms with Crippen LogP contribution in [0.2, 0.25) is 0 Å². The minimum absolute atomic E-state index is 0.00723. The number of nitrogens with zero attached hydrogens (tertiary/aromatic N) is 3. The number of amides is 1. The molecule has 3 N–H and O–H groups in total. The summed E-state index contributed by atoms with van der Waals surface area (Å²) < 4.78 is 2.91. The molecule has 5 rings (SSSR count).